The topological polar surface area (TPSA) is 60.1 Å². The van der Waals surface area contributed by atoms with Crippen molar-refractivity contribution < 1.29 is 4.79 Å². The van der Waals surface area contributed by atoms with E-state index in [0.29, 0.717) is 12.3 Å². The van der Waals surface area contributed by atoms with Gasteiger partial charge in [-0.1, -0.05) is 19.3 Å². The quantitative estimate of drug-likeness (QED) is 0.824. The second-order valence-corrected chi connectivity index (χ2v) is 5.67. The van der Waals surface area contributed by atoms with Crippen molar-refractivity contribution in [3.05, 3.63) is 24.0 Å². The maximum atomic E-state index is 11.3. The number of primary amides is 1. The molecule has 1 saturated carbocycles. The number of carbonyl (C=O) groups excluding carboxylic acids is 1. The molecule has 0 aromatic carbocycles. The number of carbonyl (C=O) groups is 1. The molecule has 0 aliphatic heterocycles. The average molecular weight is 263 g/mol. The Morgan fingerprint density at radius 3 is 2.79 bits per heavy atom. The van der Waals surface area contributed by atoms with Crippen LogP contribution in [0.4, 0.5) is 0 Å². The average Bonchev–Trinajstić information content (AvgIpc) is 2.81. The fourth-order valence-electron chi connectivity index (χ4n) is 3.07. The molecule has 1 aromatic heterocycles. The second-order valence-electron chi connectivity index (χ2n) is 5.67. The maximum absolute atomic E-state index is 11.3. The van der Waals surface area contributed by atoms with E-state index in [-0.39, 0.29) is 11.9 Å². The summed E-state index contributed by atoms with van der Waals surface area (Å²) in [4.78, 5) is 11.3. The molecule has 0 bridgehead atoms. The van der Waals surface area contributed by atoms with Crippen LogP contribution in [0.3, 0.4) is 0 Å². The van der Waals surface area contributed by atoms with Gasteiger partial charge in [0, 0.05) is 37.9 Å². The number of amides is 1. The summed E-state index contributed by atoms with van der Waals surface area (Å²) >= 11 is 0. The third-order valence-corrected chi connectivity index (χ3v) is 4.24. The molecule has 0 saturated heterocycles. The number of nitrogens with one attached hydrogen (secondary N) is 1. The minimum atomic E-state index is -0.199. The summed E-state index contributed by atoms with van der Waals surface area (Å²) in [6.45, 7) is 0.804. The SMILES string of the molecule is Cn1cccc1CNC(CC(N)=O)C1CCCCC1. The van der Waals surface area contributed by atoms with Gasteiger partial charge in [0.05, 0.1) is 0 Å². The van der Waals surface area contributed by atoms with Gasteiger partial charge in [-0.3, -0.25) is 4.79 Å². The maximum Gasteiger partial charge on any atom is 0.218 e. The zero-order chi connectivity index (χ0) is 13.7. The summed E-state index contributed by atoms with van der Waals surface area (Å²) in [5.74, 6) is 0.400. The fourth-order valence-corrected chi connectivity index (χ4v) is 3.07. The lowest BCUT2D eigenvalue weighted by atomic mass is 9.82. The largest absolute Gasteiger partial charge is 0.370 e. The van der Waals surface area contributed by atoms with Gasteiger partial charge >= 0.3 is 0 Å². The summed E-state index contributed by atoms with van der Waals surface area (Å²) in [6, 6.07) is 4.38. The molecule has 1 heterocycles. The van der Waals surface area contributed by atoms with E-state index in [1.54, 1.807) is 0 Å². The number of nitrogens with two attached hydrogens (primary N) is 1. The number of aryl methyl sites for hydroxylation is 1. The normalized spacial score (nSPS) is 18.4. The molecule has 2 rings (SSSR count). The molecule has 0 radical (unpaired) electrons. The third-order valence-electron chi connectivity index (χ3n) is 4.24. The second kappa shape index (κ2) is 6.75. The molecule has 106 valence electrons. The Morgan fingerprint density at radius 1 is 1.47 bits per heavy atom. The smallest absolute Gasteiger partial charge is 0.218 e. The predicted molar refractivity (Wildman–Crippen MR) is 76.4 cm³/mol. The van der Waals surface area contributed by atoms with Crippen LogP contribution in [0.5, 0.6) is 0 Å². The van der Waals surface area contributed by atoms with Crippen LogP contribution < -0.4 is 11.1 Å². The first kappa shape index (κ1) is 14.1. The molecule has 1 aliphatic rings. The van der Waals surface area contributed by atoms with E-state index in [1.807, 2.05) is 19.3 Å². The Kier molecular flexibility index (Phi) is 5.02. The Bertz CT molecular complexity index is 407. The van der Waals surface area contributed by atoms with Gasteiger partial charge in [0.15, 0.2) is 0 Å². The van der Waals surface area contributed by atoms with Crippen LogP contribution in [0, 0.1) is 5.92 Å². The predicted octanol–water partition coefficient (Wildman–Crippen LogP) is 1.94. The first-order chi connectivity index (χ1) is 9.16. The zero-order valence-corrected chi connectivity index (χ0v) is 11.8. The molecular weight excluding hydrogens is 238 g/mol. The zero-order valence-electron chi connectivity index (χ0n) is 11.8. The molecule has 1 atom stereocenters. The summed E-state index contributed by atoms with van der Waals surface area (Å²) in [7, 11) is 2.04. The van der Waals surface area contributed by atoms with E-state index >= 15 is 0 Å². The molecule has 4 nitrogen and oxygen atoms in total. The van der Waals surface area contributed by atoms with E-state index in [9.17, 15) is 4.79 Å². The number of aromatic nitrogens is 1. The van der Waals surface area contributed by atoms with Crippen LogP contribution >= 0.6 is 0 Å². The van der Waals surface area contributed by atoms with Gasteiger partial charge in [-0.05, 0) is 30.9 Å². The summed E-state index contributed by atoms with van der Waals surface area (Å²) in [5, 5.41) is 3.54. The van der Waals surface area contributed by atoms with Gasteiger partial charge < -0.3 is 15.6 Å². The first-order valence-electron chi connectivity index (χ1n) is 7.28. The highest BCUT2D eigenvalue weighted by Gasteiger charge is 2.24. The van der Waals surface area contributed by atoms with Crippen molar-refractivity contribution in [1.82, 2.24) is 9.88 Å². The molecule has 1 amide bonds. The van der Waals surface area contributed by atoms with Crippen LogP contribution in [0.25, 0.3) is 0 Å². The van der Waals surface area contributed by atoms with Crippen molar-refractivity contribution >= 4 is 5.91 Å². The molecule has 1 aromatic rings. The van der Waals surface area contributed by atoms with E-state index in [2.05, 4.69) is 16.0 Å². The van der Waals surface area contributed by atoms with Crippen LogP contribution in [-0.4, -0.2) is 16.5 Å². The van der Waals surface area contributed by atoms with Crippen LogP contribution in [-0.2, 0) is 18.4 Å². The summed E-state index contributed by atoms with van der Waals surface area (Å²) < 4.78 is 2.11. The van der Waals surface area contributed by atoms with Crippen LogP contribution in [0.2, 0.25) is 0 Å². The Balaban J connectivity index is 1.93. The minimum Gasteiger partial charge on any atom is -0.370 e. The standard InChI is InChI=1S/C15H25N3O/c1-18-9-5-8-13(18)11-17-14(10-15(16)19)12-6-3-2-4-7-12/h5,8-9,12,14,17H,2-4,6-7,10-11H2,1H3,(H2,16,19). The van der Waals surface area contributed by atoms with Crippen molar-refractivity contribution in [2.75, 3.05) is 0 Å². The Morgan fingerprint density at radius 2 is 2.21 bits per heavy atom. The van der Waals surface area contributed by atoms with Gasteiger partial charge in [0.1, 0.15) is 0 Å². The lowest BCUT2D eigenvalue weighted by Gasteiger charge is -2.30. The molecular formula is C15H25N3O. The monoisotopic (exact) mass is 263 g/mol. The van der Waals surface area contributed by atoms with Gasteiger partial charge in [0.2, 0.25) is 5.91 Å². The number of hydrogen-bond acceptors (Lipinski definition) is 2. The highest BCUT2D eigenvalue weighted by atomic mass is 16.1. The van der Waals surface area contributed by atoms with Crippen LogP contribution in [0.1, 0.15) is 44.2 Å². The molecule has 1 aliphatic carbocycles. The van der Waals surface area contributed by atoms with E-state index in [0.717, 1.165) is 6.54 Å². The van der Waals surface area contributed by atoms with E-state index in [4.69, 9.17) is 5.73 Å². The fraction of sp³-hybridized carbons (Fsp3) is 0.667. The number of hydrogen-bond donors (Lipinski definition) is 2. The highest BCUT2D eigenvalue weighted by molar-refractivity contribution is 5.74. The molecule has 19 heavy (non-hydrogen) atoms. The highest BCUT2D eigenvalue weighted by Crippen LogP contribution is 2.27. The Hall–Kier alpha value is -1.29. The summed E-state index contributed by atoms with van der Waals surface area (Å²) in [5.41, 5.74) is 6.64. The molecule has 0 spiro atoms. The molecule has 3 N–H and O–H groups in total. The van der Waals surface area contributed by atoms with E-state index < -0.39 is 0 Å². The van der Waals surface area contributed by atoms with Gasteiger partial charge in [-0.25, -0.2) is 0 Å². The van der Waals surface area contributed by atoms with Crippen LogP contribution in [0.15, 0.2) is 18.3 Å². The van der Waals surface area contributed by atoms with Gasteiger partial charge in [0.25, 0.3) is 0 Å². The number of rotatable bonds is 6. The van der Waals surface area contributed by atoms with Crippen molar-refractivity contribution in [3.8, 4) is 0 Å². The molecule has 1 unspecified atom stereocenters. The van der Waals surface area contributed by atoms with Crippen molar-refractivity contribution in [1.29, 1.82) is 0 Å². The van der Waals surface area contributed by atoms with Crippen molar-refractivity contribution in [2.45, 2.75) is 51.1 Å². The van der Waals surface area contributed by atoms with Gasteiger partial charge in [-0.2, -0.15) is 0 Å². The number of nitrogens with zero attached hydrogens (tertiary/aromatic N) is 1. The lowest BCUT2D eigenvalue weighted by Crippen LogP contribution is -2.40. The summed E-state index contributed by atoms with van der Waals surface area (Å²) in [6.07, 6.45) is 8.83. The first-order valence-corrected chi connectivity index (χ1v) is 7.28. The molecule has 1 fully saturated rings. The van der Waals surface area contributed by atoms with E-state index in [1.165, 1.54) is 37.8 Å². The Labute approximate surface area is 115 Å². The third kappa shape index (κ3) is 4.10. The van der Waals surface area contributed by atoms with Crippen molar-refractivity contribution in [3.63, 3.8) is 0 Å². The minimum absolute atomic E-state index is 0.199. The van der Waals surface area contributed by atoms with Crippen molar-refractivity contribution in [2.24, 2.45) is 18.7 Å². The van der Waals surface area contributed by atoms with Gasteiger partial charge in [-0.15, -0.1) is 0 Å². The molecule has 4 heteroatoms. The lowest BCUT2D eigenvalue weighted by molar-refractivity contribution is -0.118.